The van der Waals surface area contributed by atoms with Crippen LogP contribution >= 0.6 is 0 Å². The quantitative estimate of drug-likeness (QED) is 0.430. The van der Waals surface area contributed by atoms with Gasteiger partial charge in [-0.25, -0.2) is 8.78 Å². The van der Waals surface area contributed by atoms with Crippen LogP contribution in [0, 0.1) is 0 Å². The van der Waals surface area contributed by atoms with Gasteiger partial charge in [0.1, 0.15) is 0 Å². The molecular formula is C6H4F2HgO4. The van der Waals surface area contributed by atoms with E-state index in [4.69, 9.17) is 19.8 Å². The van der Waals surface area contributed by atoms with Gasteiger partial charge in [0.15, 0.2) is 0 Å². The number of carbonyl (C=O) groups is 2. The Morgan fingerprint density at radius 3 is 1.15 bits per heavy atom. The monoisotopic (exact) mass is 380 g/mol. The zero-order chi connectivity index (χ0) is 9.98. The molecule has 0 saturated carbocycles. The summed E-state index contributed by atoms with van der Waals surface area (Å²) in [5, 5.41) is 18.3. The van der Waals surface area contributed by atoms with Gasteiger partial charge in [-0.3, -0.25) is 0 Å². The first-order valence-electron chi connectivity index (χ1n) is 2.50. The molecular weight excluding hydrogens is 375 g/mol. The summed E-state index contributed by atoms with van der Waals surface area (Å²) in [4.78, 5) is 18.3. The second-order valence-corrected chi connectivity index (χ2v) is 1.22. The smallest absolute Gasteiger partial charge is 0.545 e. The third kappa shape index (κ3) is 35.0. The number of hydrogen-bond acceptors (Lipinski definition) is 4. The van der Waals surface area contributed by atoms with Crippen LogP contribution in [0.1, 0.15) is 0 Å². The van der Waals surface area contributed by atoms with E-state index in [1.54, 1.807) is 0 Å². The van der Waals surface area contributed by atoms with E-state index >= 15 is 0 Å². The van der Waals surface area contributed by atoms with Crippen LogP contribution in [0.5, 0.6) is 0 Å². The summed E-state index contributed by atoms with van der Waals surface area (Å²) in [7, 11) is 0. The zero-order valence-electron chi connectivity index (χ0n) is 6.41. The Balaban J connectivity index is -0.000000143. The molecule has 4 nitrogen and oxygen atoms in total. The van der Waals surface area contributed by atoms with Gasteiger partial charge in [-0.15, -0.1) is 0 Å². The Bertz CT molecular complexity index is 181. The summed E-state index contributed by atoms with van der Waals surface area (Å²) < 4.78 is 21.3. The molecule has 0 aromatic heterocycles. The molecule has 0 amide bonds. The van der Waals surface area contributed by atoms with Gasteiger partial charge in [0, 0.05) is 0 Å². The van der Waals surface area contributed by atoms with Crippen LogP contribution in [0.25, 0.3) is 0 Å². The predicted molar refractivity (Wildman–Crippen MR) is 30.5 cm³/mol. The number of hydrogen-bond donors (Lipinski definition) is 0. The van der Waals surface area contributed by atoms with Crippen LogP contribution in [-0.2, 0) is 37.3 Å². The van der Waals surface area contributed by atoms with Crippen LogP contribution in [0.2, 0.25) is 0 Å². The van der Waals surface area contributed by atoms with E-state index in [1.807, 2.05) is 0 Å². The van der Waals surface area contributed by atoms with E-state index in [9.17, 15) is 8.78 Å². The van der Waals surface area contributed by atoms with Crippen LogP contribution in [0.4, 0.5) is 8.78 Å². The normalized spacial score (nSPS) is 8.77. The first-order chi connectivity index (χ1) is 5.54. The number of carboxylic acids is 2. The average molecular weight is 379 g/mol. The summed E-state index contributed by atoms with van der Waals surface area (Å²) >= 11 is 0. The van der Waals surface area contributed by atoms with Gasteiger partial charge in [0.2, 0.25) is 0 Å². The van der Waals surface area contributed by atoms with Crippen LogP contribution in [0.15, 0.2) is 24.8 Å². The Morgan fingerprint density at radius 2 is 1.15 bits per heavy atom. The standard InChI is InChI=1S/2C3H3FO2.Hg/c2*4-2-1-3(5)6;/h2*1-2H,(H,5,6);/q;;+2/p-2/b2*2-1+;. The molecule has 0 heterocycles. The molecule has 0 aliphatic carbocycles. The third-order valence-corrected chi connectivity index (χ3v) is 0.398. The van der Waals surface area contributed by atoms with Crippen molar-refractivity contribution in [1.29, 1.82) is 0 Å². The molecule has 13 heavy (non-hydrogen) atoms. The molecule has 0 unspecified atom stereocenters. The molecule has 68 valence electrons. The third-order valence-electron chi connectivity index (χ3n) is 0.398. The van der Waals surface area contributed by atoms with Gasteiger partial charge in [-0.05, 0) is 12.2 Å². The van der Waals surface area contributed by atoms with Crippen LogP contribution in [-0.4, -0.2) is 11.9 Å². The van der Waals surface area contributed by atoms with Crippen molar-refractivity contribution in [2.75, 3.05) is 0 Å². The molecule has 0 N–H and O–H groups in total. The summed E-state index contributed by atoms with van der Waals surface area (Å²) in [6.07, 6.45) is 0.435. The van der Waals surface area contributed by atoms with Gasteiger partial charge in [-0.1, -0.05) is 0 Å². The van der Waals surface area contributed by atoms with E-state index in [2.05, 4.69) is 0 Å². The Kier molecular flexibility index (Phi) is 19.2. The maximum absolute atomic E-state index is 10.6. The van der Waals surface area contributed by atoms with Crippen molar-refractivity contribution in [1.82, 2.24) is 0 Å². The minimum Gasteiger partial charge on any atom is -0.545 e. The predicted octanol–water partition coefficient (Wildman–Crippen LogP) is -1.56. The molecule has 0 aliphatic rings. The van der Waals surface area contributed by atoms with Crippen molar-refractivity contribution in [3.05, 3.63) is 24.8 Å². The SMILES string of the molecule is O=C([O-])/C=C/F.O=C([O-])/C=C/F.[Hg+2]. The maximum Gasteiger partial charge on any atom is 2.00 e. The summed E-state index contributed by atoms with van der Waals surface area (Å²) in [5.74, 6) is -3.03. The molecule has 0 aromatic rings. The van der Waals surface area contributed by atoms with E-state index in [1.165, 1.54) is 0 Å². The minimum absolute atomic E-state index is 0. The molecule has 0 atom stereocenters. The summed E-state index contributed by atoms with van der Waals surface area (Å²) in [6, 6.07) is 0. The molecule has 0 aliphatic heterocycles. The van der Waals surface area contributed by atoms with Crippen molar-refractivity contribution in [3.8, 4) is 0 Å². The second kappa shape index (κ2) is 13.8. The molecule has 0 saturated heterocycles. The van der Waals surface area contributed by atoms with Gasteiger partial charge in [0.05, 0.1) is 24.6 Å². The van der Waals surface area contributed by atoms with Crippen molar-refractivity contribution in [3.63, 3.8) is 0 Å². The van der Waals surface area contributed by atoms with Crippen LogP contribution in [0.3, 0.4) is 0 Å². The van der Waals surface area contributed by atoms with Gasteiger partial charge >= 0.3 is 27.7 Å². The molecule has 0 spiro atoms. The van der Waals surface area contributed by atoms with Crippen molar-refractivity contribution < 1.29 is 56.3 Å². The molecule has 0 aromatic carbocycles. The van der Waals surface area contributed by atoms with E-state index in [0.29, 0.717) is 12.2 Å². The zero-order valence-corrected chi connectivity index (χ0v) is 11.9. The fourth-order valence-electron chi connectivity index (χ4n) is 0.103. The Labute approximate surface area is 93.1 Å². The van der Waals surface area contributed by atoms with E-state index in [-0.39, 0.29) is 40.3 Å². The van der Waals surface area contributed by atoms with Crippen LogP contribution < -0.4 is 10.2 Å². The van der Waals surface area contributed by atoms with E-state index in [0.717, 1.165) is 0 Å². The number of carbonyl (C=O) groups excluding carboxylic acids is 2. The molecule has 7 heteroatoms. The van der Waals surface area contributed by atoms with Gasteiger partial charge in [0.25, 0.3) is 0 Å². The fourth-order valence-corrected chi connectivity index (χ4v) is 0.103. The molecule has 0 fully saturated rings. The number of rotatable bonds is 2. The number of halogens is 2. The van der Waals surface area contributed by atoms with Gasteiger partial charge < -0.3 is 19.8 Å². The van der Waals surface area contributed by atoms with Gasteiger partial charge in [-0.2, -0.15) is 0 Å². The first-order valence-corrected chi connectivity index (χ1v) is 2.50. The summed E-state index contributed by atoms with van der Waals surface area (Å²) in [6.45, 7) is 0. The maximum atomic E-state index is 10.6. The second-order valence-electron chi connectivity index (χ2n) is 1.22. The Hall–Kier alpha value is -0.785. The summed E-state index contributed by atoms with van der Waals surface area (Å²) in [5.41, 5.74) is 0. The topological polar surface area (TPSA) is 80.3 Å². The first kappa shape index (κ1) is 18.1. The average Bonchev–Trinajstić information content (AvgIpc) is 1.87. The number of carboxylic acid groups (broad SMARTS) is 2. The molecule has 0 radical (unpaired) electrons. The van der Waals surface area contributed by atoms with Crippen molar-refractivity contribution in [2.45, 2.75) is 0 Å². The van der Waals surface area contributed by atoms with Crippen molar-refractivity contribution in [2.24, 2.45) is 0 Å². The molecule has 0 rings (SSSR count). The Morgan fingerprint density at radius 1 is 0.923 bits per heavy atom. The van der Waals surface area contributed by atoms with Crippen molar-refractivity contribution >= 4 is 11.9 Å². The molecule has 0 bridgehead atoms. The largest absolute Gasteiger partial charge is 2.00 e. The van der Waals surface area contributed by atoms with E-state index < -0.39 is 11.9 Å². The fraction of sp³-hybridized carbons (Fsp3) is 0. The number of aliphatic carboxylic acids is 2. The minimum atomic E-state index is -1.52.